The molecule has 1 saturated carbocycles. The molecule has 2 aliphatic rings. The van der Waals surface area contributed by atoms with Gasteiger partial charge in [0.25, 0.3) is 0 Å². The first-order chi connectivity index (χ1) is 11.6. The maximum atomic E-state index is 12.5. The van der Waals surface area contributed by atoms with Crippen molar-refractivity contribution in [2.75, 3.05) is 6.54 Å². The molecule has 0 radical (unpaired) electrons. The van der Waals surface area contributed by atoms with Gasteiger partial charge in [0.1, 0.15) is 6.04 Å². The maximum Gasteiger partial charge on any atom is 0.320 e. The molecule has 0 aromatic heterocycles. The number of likely N-dealkylation sites (tertiary alicyclic amines) is 1. The highest BCUT2D eigenvalue weighted by Gasteiger charge is 2.45. The summed E-state index contributed by atoms with van der Waals surface area (Å²) in [5.74, 6) is -0.462. The van der Waals surface area contributed by atoms with Crippen molar-refractivity contribution < 1.29 is 14.7 Å². The van der Waals surface area contributed by atoms with Crippen LogP contribution in [0.4, 0.5) is 0 Å². The number of benzene rings is 1. The Morgan fingerprint density at radius 1 is 1.25 bits per heavy atom. The molecule has 3 rings (SSSR count). The summed E-state index contributed by atoms with van der Waals surface area (Å²) in [6.45, 7) is 2.13. The SMILES string of the molecule is C[C@H](NC(=O)CN1[C@H](C(=O)O)C[C@H]2CCCC[C@@H]21)c1ccccc1. The molecule has 0 spiro atoms. The molecular formula is C19H26N2O3. The van der Waals surface area contributed by atoms with E-state index in [0.29, 0.717) is 12.3 Å². The van der Waals surface area contributed by atoms with Gasteiger partial charge >= 0.3 is 5.97 Å². The van der Waals surface area contributed by atoms with Crippen molar-refractivity contribution in [1.82, 2.24) is 10.2 Å². The van der Waals surface area contributed by atoms with Gasteiger partial charge in [-0.05, 0) is 37.7 Å². The first kappa shape index (κ1) is 17.0. The fraction of sp³-hybridized carbons (Fsp3) is 0.579. The van der Waals surface area contributed by atoms with Crippen LogP contribution >= 0.6 is 0 Å². The average molecular weight is 330 g/mol. The molecule has 1 saturated heterocycles. The second-order valence-electron chi connectivity index (χ2n) is 7.07. The van der Waals surface area contributed by atoms with Crippen molar-refractivity contribution in [3.05, 3.63) is 35.9 Å². The predicted molar refractivity (Wildman–Crippen MR) is 91.5 cm³/mol. The normalized spacial score (nSPS) is 28.1. The van der Waals surface area contributed by atoms with E-state index in [2.05, 4.69) is 5.32 Å². The Morgan fingerprint density at radius 2 is 1.96 bits per heavy atom. The Bertz CT molecular complexity index is 590. The standard InChI is InChI=1S/C19H26N2O3/c1-13(14-7-3-2-4-8-14)20-18(22)12-21-16-10-6-5-9-15(16)11-17(21)19(23)24/h2-4,7-8,13,15-17H,5-6,9-12H2,1H3,(H,20,22)(H,23,24)/t13-,15+,16-,17-/m0/s1. The van der Waals surface area contributed by atoms with Crippen LogP contribution in [0.2, 0.25) is 0 Å². The number of rotatable bonds is 5. The number of carbonyl (C=O) groups is 2. The second-order valence-corrected chi connectivity index (χ2v) is 7.07. The third-order valence-corrected chi connectivity index (χ3v) is 5.51. The highest BCUT2D eigenvalue weighted by Crippen LogP contribution is 2.39. The second kappa shape index (κ2) is 7.34. The van der Waals surface area contributed by atoms with Crippen LogP contribution in [0.1, 0.15) is 50.6 Å². The van der Waals surface area contributed by atoms with Gasteiger partial charge < -0.3 is 10.4 Å². The Balaban J connectivity index is 1.64. The minimum Gasteiger partial charge on any atom is -0.480 e. The van der Waals surface area contributed by atoms with Gasteiger partial charge in [-0.1, -0.05) is 43.2 Å². The molecule has 24 heavy (non-hydrogen) atoms. The molecule has 1 aromatic carbocycles. The Kier molecular flexibility index (Phi) is 5.19. The minimum absolute atomic E-state index is 0.0771. The minimum atomic E-state index is -0.798. The van der Waals surface area contributed by atoms with E-state index in [9.17, 15) is 14.7 Å². The summed E-state index contributed by atoms with van der Waals surface area (Å²) < 4.78 is 0. The highest BCUT2D eigenvalue weighted by atomic mass is 16.4. The van der Waals surface area contributed by atoms with E-state index >= 15 is 0 Å². The third-order valence-electron chi connectivity index (χ3n) is 5.51. The lowest BCUT2D eigenvalue weighted by atomic mass is 9.85. The van der Waals surface area contributed by atoms with Crippen molar-refractivity contribution in [3.63, 3.8) is 0 Å². The van der Waals surface area contributed by atoms with Gasteiger partial charge in [-0.2, -0.15) is 0 Å². The number of amides is 1. The number of carbonyl (C=O) groups excluding carboxylic acids is 1. The van der Waals surface area contributed by atoms with E-state index in [4.69, 9.17) is 0 Å². The maximum absolute atomic E-state index is 12.5. The number of aliphatic carboxylic acids is 1. The third kappa shape index (κ3) is 3.61. The van der Waals surface area contributed by atoms with Gasteiger partial charge in [-0.25, -0.2) is 0 Å². The summed E-state index contributed by atoms with van der Waals surface area (Å²) in [6.07, 6.45) is 5.09. The first-order valence-corrected chi connectivity index (χ1v) is 8.89. The number of carboxylic acids is 1. The molecule has 2 fully saturated rings. The Labute approximate surface area is 143 Å². The molecule has 2 N–H and O–H groups in total. The van der Waals surface area contributed by atoms with E-state index in [0.717, 1.165) is 24.8 Å². The number of hydrogen-bond donors (Lipinski definition) is 2. The van der Waals surface area contributed by atoms with Crippen LogP contribution < -0.4 is 5.32 Å². The summed E-state index contributed by atoms with van der Waals surface area (Å²) in [5.41, 5.74) is 1.05. The lowest BCUT2D eigenvalue weighted by molar-refractivity contribution is -0.143. The van der Waals surface area contributed by atoms with Crippen molar-refractivity contribution in [2.45, 2.75) is 57.2 Å². The van der Waals surface area contributed by atoms with Crippen LogP contribution in [0, 0.1) is 5.92 Å². The van der Waals surface area contributed by atoms with Crippen LogP contribution in [0.25, 0.3) is 0 Å². The quantitative estimate of drug-likeness (QED) is 0.870. The van der Waals surface area contributed by atoms with Crippen molar-refractivity contribution in [3.8, 4) is 0 Å². The molecule has 1 amide bonds. The topological polar surface area (TPSA) is 69.6 Å². The molecule has 4 atom stereocenters. The van der Waals surface area contributed by atoms with Gasteiger partial charge in [-0.15, -0.1) is 0 Å². The molecule has 5 heteroatoms. The molecule has 5 nitrogen and oxygen atoms in total. The zero-order chi connectivity index (χ0) is 17.1. The lowest BCUT2D eigenvalue weighted by Crippen LogP contribution is -2.47. The van der Waals surface area contributed by atoms with E-state index in [1.54, 1.807) is 0 Å². The number of nitrogens with one attached hydrogen (secondary N) is 1. The molecule has 130 valence electrons. The van der Waals surface area contributed by atoms with Crippen molar-refractivity contribution >= 4 is 11.9 Å². The molecule has 1 aliphatic carbocycles. The smallest absolute Gasteiger partial charge is 0.320 e. The zero-order valence-corrected chi connectivity index (χ0v) is 14.1. The summed E-state index contributed by atoms with van der Waals surface area (Å²) in [4.78, 5) is 26.0. The predicted octanol–water partition coefficient (Wildman–Crippen LogP) is 2.58. The first-order valence-electron chi connectivity index (χ1n) is 8.89. The van der Waals surface area contributed by atoms with Gasteiger partial charge in [0.15, 0.2) is 0 Å². The molecule has 0 bridgehead atoms. The summed E-state index contributed by atoms with van der Waals surface area (Å²) in [6, 6.07) is 9.47. The monoisotopic (exact) mass is 330 g/mol. The molecule has 1 heterocycles. The number of hydrogen-bond acceptors (Lipinski definition) is 3. The van der Waals surface area contributed by atoms with Gasteiger partial charge in [-0.3, -0.25) is 14.5 Å². The van der Waals surface area contributed by atoms with Crippen molar-refractivity contribution in [2.24, 2.45) is 5.92 Å². The van der Waals surface area contributed by atoms with Crippen molar-refractivity contribution in [1.29, 1.82) is 0 Å². The van der Waals surface area contributed by atoms with Gasteiger partial charge in [0.2, 0.25) is 5.91 Å². The van der Waals surface area contributed by atoms with Crippen LogP contribution in [-0.4, -0.2) is 40.5 Å². The molecule has 0 unspecified atom stereocenters. The van der Waals surface area contributed by atoms with Crippen LogP contribution in [0.15, 0.2) is 30.3 Å². The van der Waals surface area contributed by atoms with E-state index in [1.807, 2.05) is 42.2 Å². The van der Waals surface area contributed by atoms with Crippen LogP contribution in [-0.2, 0) is 9.59 Å². The summed E-state index contributed by atoms with van der Waals surface area (Å²) >= 11 is 0. The molecule has 1 aliphatic heterocycles. The average Bonchev–Trinajstić information content (AvgIpc) is 2.94. The number of fused-ring (bicyclic) bond motifs is 1. The highest BCUT2D eigenvalue weighted by molar-refractivity contribution is 5.80. The summed E-state index contributed by atoms with van der Waals surface area (Å²) in [7, 11) is 0. The van der Waals surface area contributed by atoms with Gasteiger partial charge in [0, 0.05) is 6.04 Å². The van der Waals surface area contributed by atoms with Gasteiger partial charge in [0.05, 0.1) is 12.6 Å². The lowest BCUT2D eigenvalue weighted by Gasteiger charge is -2.32. The number of carboxylic acid groups (broad SMARTS) is 1. The fourth-order valence-electron chi connectivity index (χ4n) is 4.30. The van der Waals surface area contributed by atoms with Crippen LogP contribution in [0.5, 0.6) is 0 Å². The molecular weight excluding hydrogens is 304 g/mol. The number of nitrogens with zero attached hydrogens (tertiary/aromatic N) is 1. The summed E-state index contributed by atoms with van der Waals surface area (Å²) in [5, 5.41) is 12.5. The largest absolute Gasteiger partial charge is 0.480 e. The fourth-order valence-corrected chi connectivity index (χ4v) is 4.30. The van der Waals surface area contributed by atoms with E-state index in [-0.39, 0.29) is 24.5 Å². The van der Waals surface area contributed by atoms with E-state index < -0.39 is 12.0 Å². The van der Waals surface area contributed by atoms with Crippen LogP contribution in [0.3, 0.4) is 0 Å². The Hall–Kier alpha value is -1.88. The van der Waals surface area contributed by atoms with E-state index in [1.165, 1.54) is 6.42 Å². The Morgan fingerprint density at radius 3 is 2.67 bits per heavy atom. The molecule has 1 aromatic rings. The zero-order valence-electron chi connectivity index (χ0n) is 14.1.